The second-order valence-electron chi connectivity index (χ2n) is 7.20. The highest BCUT2D eigenvalue weighted by atomic mass is 79.9. The average molecular weight is 478 g/mol. The van der Waals surface area contributed by atoms with Crippen molar-refractivity contribution in [2.75, 3.05) is 7.11 Å². The van der Waals surface area contributed by atoms with E-state index in [1.165, 1.54) is 4.90 Å². The first kappa shape index (κ1) is 20.9. The van der Waals surface area contributed by atoms with Gasteiger partial charge < -0.3 is 14.7 Å². The smallest absolute Gasteiger partial charge is 0.295 e. The predicted molar refractivity (Wildman–Crippen MR) is 121 cm³/mol. The molecule has 0 radical (unpaired) electrons. The normalized spacial score (nSPS) is 17.7. The maximum Gasteiger partial charge on any atom is 0.295 e. The summed E-state index contributed by atoms with van der Waals surface area (Å²) in [5.74, 6) is -0.913. The van der Waals surface area contributed by atoms with Gasteiger partial charge >= 0.3 is 0 Å². The van der Waals surface area contributed by atoms with Gasteiger partial charge in [0.05, 0.1) is 18.7 Å². The van der Waals surface area contributed by atoms with Gasteiger partial charge in [-0.15, -0.1) is 0 Å². The molecule has 31 heavy (non-hydrogen) atoms. The summed E-state index contributed by atoms with van der Waals surface area (Å²) < 4.78 is 5.99. The van der Waals surface area contributed by atoms with Gasteiger partial charge in [0.2, 0.25) is 0 Å². The van der Waals surface area contributed by atoms with E-state index >= 15 is 0 Å². The van der Waals surface area contributed by atoms with Crippen molar-refractivity contribution in [2.24, 2.45) is 0 Å². The molecule has 0 bridgehead atoms. The Morgan fingerprint density at radius 3 is 2.35 bits per heavy atom. The summed E-state index contributed by atoms with van der Waals surface area (Å²) in [7, 11) is 1.55. The molecule has 0 aromatic heterocycles. The van der Waals surface area contributed by atoms with E-state index in [1.54, 1.807) is 31.4 Å². The summed E-state index contributed by atoms with van der Waals surface area (Å²) in [5, 5.41) is 11.1. The van der Waals surface area contributed by atoms with Gasteiger partial charge in [0, 0.05) is 16.6 Å². The third kappa shape index (κ3) is 4.11. The van der Waals surface area contributed by atoms with Crippen molar-refractivity contribution in [3.63, 3.8) is 0 Å². The molecule has 156 valence electrons. The molecule has 3 aromatic carbocycles. The van der Waals surface area contributed by atoms with E-state index in [0.29, 0.717) is 11.3 Å². The van der Waals surface area contributed by atoms with E-state index in [1.807, 2.05) is 54.6 Å². The fraction of sp³-hybridized carbons (Fsp3) is 0.120. The van der Waals surface area contributed by atoms with Gasteiger partial charge in [0.1, 0.15) is 11.5 Å². The number of aliphatic hydroxyl groups excluding tert-OH is 1. The summed E-state index contributed by atoms with van der Waals surface area (Å²) in [6.45, 7) is 0.252. The molecule has 1 aliphatic rings. The van der Waals surface area contributed by atoms with Gasteiger partial charge in [-0.05, 0) is 47.5 Å². The highest BCUT2D eigenvalue weighted by Gasteiger charge is 2.46. The molecule has 1 unspecified atom stereocenters. The van der Waals surface area contributed by atoms with Gasteiger partial charge in [-0.2, -0.15) is 0 Å². The fourth-order valence-electron chi connectivity index (χ4n) is 3.75. The average Bonchev–Trinajstić information content (AvgIpc) is 3.04. The number of carbonyl (C=O) groups excluding carboxylic acids is 2. The molecule has 1 heterocycles. The molecule has 5 nitrogen and oxygen atoms in total. The Morgan fingerprint density at radius 2 is 1.71 bits per heavy atom. The summed E-state index contributed by atoms with van der Waals surface area (Å²) in [5.41, 5.74) is 2.15. The Morgan fingerprint density at radius 1 is 1.00 bits per heavy atom. The van der Waals surface area contributed by atoms with Crippen molar-refractivity contribution in [3.05, 3.63) is 106 Å². The number of likely N-dealkylation sites (tertiary alicyclic amines) is 1. The fourth-order valence-corrected chi connectivity index (χ4v) is 4.17. The molecule has 1 aliphatic heterocycles. The number of amides is 1. The zero-order valence-electron chi connectivity index (χ0n) is 16.8. The number of methoxy groups -OCH3 is 1. The topological polar surface area (TPSA) is 66.8 Å². The van der Waals surface area contributed by atoms with Crippen LogP contribution >= 0.6 is 15.9 Å². The molecule has 1 atom stereocenters. The monoisotopic (exact) mass is 477 g/mol. The third-order valence-electron chi connectivity index (χ3n) is 5.26. The number of hydrogen-bond acceptors (Lipinski definition) is 4. The van der Waals surface area contributed by atoms with Crippen LogP contribution in [0.15, 0.2) is 88.9 Å². The van der Waals surface area contributed by atoms with Gasteiger partial charge in [0.25, 0.3) is 11.7 Å². The number of Topliss-reactive ketones (excluding diaryl/α,β-unsaturated/α-hetero) is 1. The van der Waals surface area contributed by atoms with Crippen LogP contribution < -0.4 is 4.74 Å². The summed E-state index contributed by atoms with van der Waals surface area (Å²) in [6.07, 6.45) is 0. The second kappa shape index (κ2) is 8.78. The van der Waals surface area contributed by atoms with Crippen molar-refractivity contribution in [2.45, 2.75) is 12.6 Å². The minimum absolute atomic E-state index is 0.0733. The lowest BCUT2D eigenvalue weighted by molar-refractivity contribution is -0.140. The lowest BCUT2D eigenvalue weighted by Crippen LogP contribution is -2.29. The van der Waals surface area contributed by atoms with Gasteiger partial charge in [-0.1, -0.05) is 58.4 Å². The first-order chi connectivity index (χ1) is 15.0. The van der Waals surface area contributed by atoms with Crippen LogP contribution in [0, 0.1) is 0 Å². The molecule has 0 spiro atoms. The van der Waals surface area contributed by atoms with Gasteiger partial charge in [-0.3, -0.25) is 9.59 Å². The molecular weight excluding hydrogens is 458 g/mol. The Balaban J connectivity index is 1.85. The zero-order chi connectivity index (χ0) is 22.0. The first-order valence-corrected chi connectivity index (χ1v) is 10.5. The van der Waals surface area contributed by atoms with Crippen LogP contribution in [0.1, 0.15) is 22.7 Å². The van der Waals surface area contributed by atoms with E-state index in [9.17, 15) is 14.7 Å². The maximum atomic E-state index is 13.1. The lowest BCUT2D eigenvalue weighted by atomic mass is 9.95. The number of aliphatic hydroxyl groups is 1. The van der Waals surface area contributed by atoms with Crippen molar-refractivity contribution in [1.82, 2.24) is 4.90 Å². The van der Waals surface area contributed by atoms with Gasteiger partial charge in [-0.25, -0.2) is 0 Å². The molecule has 6 heteroatoms. The highest BCUT2D eigenvalue weighted by molar-refractivity contribution is 9.10. The van der Waals surface area contributed by atoms with E-state index in [-0.39, 0.29) is 17.9 Å². The Labute approximate surface area is 188 Å². The largest absolute Gasteiger partial charge is 0.507 e. The lowest BCUT2D eigenvalue weighted by Gasteiger charge is -2.25. The number of benzene rings is 3. The number of ether oxygens (including phenoxy) is 1. The Bertz CT molecular complexity index is 1160. The van der Waals surface area contributed by atoms with Crippen molar-refractivity contribution in [3.8, 4) is 5.75 Å². The number of carbonyl (C=O) groups is 2. The molecule has 1 N–H and O–H groups in total. The van der Waals surface area contributed by atoms with Crippen LogP contribution in [0.5, 0.6) is 5.75 Å². The standard InChI is InChI=1S/C25H20BrNO4/c1-31-20-12-10-17(11-13-20)23(28)21-22(18-8-5-9-19(26)14-18)27(25(30)24(21)29)15-16-6-3-2-4-7-16/h2-14,22,28H,15H2,1H3/b23-21+. The third-order valence-corrected chi connectivity index (χ3v) is 5.76. The molecule has 1 saturated heterocycles. The maximum absolute atomic E-state index is 13.1. The molecule has 0 aliphatic carbocycles. The van der Waals surface area contributed by atoms with Crippen molar-refractivity contribution in [1.29, 1.82) is 0 Å². The minimum Gasteiger partial charge on any atom is -0.507 e. The van der Waals surface area contributed by atoms with E-state index in [2.05, 4.69) is 15.9 Å². The second-order valence-corrected chi connectivity index (χ2v) is 8.11. The molecule has 3 aromatic rings. The molecule has 1 fully saturated rings. The van der Waals surface area contributed by atoms with E-state index in [0.717, 1.165) is 15.6 Å². The van der Waals surface area contributed by atoms with Crippen LogP contribution in [-0.4, -0.2) is 28.8 Å². The number of nitrogens with zero attached hydrogens (tertiary/aromatic N) is 1. The summed E-state index contributed by atoms with van der Waals surface area (Å²) in [6, 6.07) is 22.9. The molecule has 1 amide bonds. The number of hydrogen-bond donors (Lipinski definition) is 1. The van der Waals surface area contributed by atoms with Crippen LogP contribution in [0.2, 0.25) is 0 Å². The van der Waals surface area contributed by atoms with E-state index in [4.69, 9.17) is 4.74 Å². The van der Waals surface area contributed by atoms with Crippen molar-refractivity contribution < 1.29 is 19.4 Å². The summed E-state index contributed by atoms with van der Waals surface area (Å²) >= 11 is 3.46. The Kier molecular flexibility index (Phi) is 5.91. The first-order valence-electron chi connectivity index (χ1n) is 9.72. The molecule has 4 rings (SSSR count). The number of rotatable bonds is 5. The van der Waals surface area contributed by atoms with Gasteiger partial charge in [0.15, 0.2) is 0 Å². The predicted octanol–water partition coefficient (Wildman–Crippen LogP) is 5.08. The number of ketones is 1. The van der Waals surface area contributed by atoms with Crippen molar-refractivity contribution >= 4 is 33.4 Å². The van der Waals surface area contributed by atoms with Crippen LogP contribution in [-0.2, 0) is 16.1 Å². The van der Waals surface area contributed by atoms with E-state index < -0.39 is 17.7 Å². The SMILES string of the molecule is COc1ccc(/C(O)=C2\C(=O)C(=O)N(Cc3ccccc3)C2c2cccc(Br)c2)cc1. The van der Waals surface area contributed by atoms with Crippen LogP contribution in [0.3, 0.4) is 0 Å². The van der Waals surface area contributed by atoms with Crippen LogP contribution in [0.25, 0.3) is 5.76 Å². The van der Waals surface area contributed by atoms with Crippen LogP contribution in [0.4, 0.5) is 0 Å². The Hall–Kier alpha value is -3.38. The molecular formula is C25H20BrNO4. The minimum atomic E-state index is -0.709. The zero-order valence-corrected chi connectivity index (χ0v) is 18.4. The quantitative estimate of drug-likeness (QED) is 0.316. The highest BCUT2D eigenvalue weighted by Crippen LogP contribution is 2.41. The summed E-state index contributed by atoms with van der Waals surface area (Å²) in [4.78, 5) is 27.6. The number of halogens is 1. The molecule has 0 saturated carbocycles.